The number of ether oxygens (including phenoxy) is 1. The molecule has 1 aromatic heterocycles. The van der Waals surface area contributed by atoms with Crippen LogP contribution in [-0.2, 0) is 41.8 Å². The van der Waals surface area contributed by atoms with Crippen LogP contribution in [0.15, 0.2) is 12.5 Å². The normalized spacial score (nSPS) is 22.0. The second-order valence-corrected chi connectivity index (χ2v) is 9.77. The summed E-state index contributed by atoms with van der Waals surface area (Å²) in [6.45, 7) is 4.79. The Hall–Kier alpha value is -2.11. The number of aromatic nitrogens is 2. The summed E-state index contributed by atoms with van der Waals surface area (Å²) < 4.78 is 17.7. The summed E-state index contributed by atoms with van der Waals surface area (Å²) in [6, 6.07) is -1.12. The van der Waals surface area contributed by atoms with E-state index in [-0.39, 0.29) is 26.2 Å². The van der Waals surface area contributed by atoms with Crippen molar-refractivity contribution in [3.05, 3.63) is 18.2 Å². The summed E-state index contributed by atoms with van der Waals surface area (Å²) in [6.07, 6.45) is 2.17. The van der Waals surface area contributed by atoms with E-state index in [2.05, 4.69) is 15.4 Å². The zero-order chi connectivity index (χ0) is 22.5. The van der Waals surface area contributed by atoms with Crippen molar-refractivity contribution >= 4 is 25.9 Å². The van der Waals surface area contributed by atoms with Crippen molar-refractivity contribution < 1.29 is 38.2 Å². The van der Waals surface area contributed by atoms with Crippen LogP contribution in [0.1, 0.15) is 32.9 Å². The van der Waals surface area contributed by atoms with Crippen LogP contribution in [0.4, 0.5) is 0 Å². The van der Waals surface area contributed by atoms with Gasteiger partial charge in [0.15, 0.2) is 0 Å². The number of amides is 1. The number of esters is 1. The molecule has 0 aliphatic carbocycles. The number of imidazole rings is 1. The fourth-order valence-corrected chi connectivity index (χ4v) is 4.88. The minimum atomic E-state index is -4.08. The number of carbonyl (C=O) groups excluding carboxylic acids is 2. The first-order chi connectivity index (χ1) is 13.9. The number of carboxylic acid groups (broad SMARTS) is 1. The maximum absolute atomic E-state index is 12.6. The van der Waals surface area contributed by atoms with Crippen LogP contribution in [0.25, 0.3) is 0 Å². The molecule has 1 aliphatic rings. The number of carbonyl (C=O) groups is 3. The van der Waals surface area contributed by atoms with Crippen molar-refractivity contribution in [3.8, 4) is 0 Å². The molecule has 1 aliphatic heterocycles. The van der Waals surface area contributed by atoms with Gasteiger partial charge in [-0.3, -0.25) is 0 Å². The molecule has 0 unspecified atom stereocenters. The van der Waals surface area contributed by atoms with Gasteiger partial charge in [0.05, 0.1) is 0 Å². The zero-order valence-corrected chi connectivity index (χ0v) is 18.4. The van der Waals surface area contributed by atoms with E-state index in [1.54, 1.807) is 38.0 Å². The molecule has 1 fully saturated rings. The summed E-state index contributed by atoms with van der Waals surface area (Å²) in [5, 5.41) is 14.0. The molecule has 0 bridgehead atoms. The molecular formula is C17H29N4O8P. The third-order valence-electron chi connectivity index (χ3n) is 4.40. The standard InChI is InChI=1S/C17H29N4O8P/c1-11(16(24)25)20-30(26)28-9-17(2,3)14(29-30)15(23)18-6-5-13(22)27-8-12-7-21(4)10-19-12/h7,10-11,14,20,26,30H,5-6,8-9H2,1-4H3,(H,18,23)(H,24,25)/t11-,14-/m0/s1. The first-order valence-corrected chi connectivity index (χ1v) is 11.1. The van der Waals surface area contributed by atoms with Gasteiger partial charge in [0, 0.05) is 7.05 Å². The summed E-state index contributed by atoms with van der Waals surface area (Å²) >= 11 is 0. The molecule has 2 atom stereocenters. The van der Waals surface area contributed by atoms with Crippen molar-refractivity contribution in [1.82, 2.24) is 20.0 Å². The third kappa shape index (κ3) is 6.71. The maximum atomic E-state index is 12.6. The van der Waals surface area contributed by atoms with Gasteiger partial charge in [-0.05, 0) is 0 Å². The minimum absolute atomic E-state index is 0.00955. The Morgan fingerprint density at radius 2 is 2.17 bits per heavy atom. The molecule has 2 rings (SSSR count). The molecule has 1 amide bonds. The number of carboxylic acids is 1. The Morgan fingerprint density at radius 3 is 2.77 bits per heavy atom. The van der Waals surface area contributed by atoms with Gasteiger partial charge in [-0.25, -0.2) is 0 Å². The van der Waals surface area contributed by atoms with Crippen molar-refractivity contribution in [3.63, 3.8) is 0 Å². The molecule has 170 valence electrons. The third-order valence-corrected chi connectivity index (χ3v) is 6.29. The van der Waals surface area contributed by atoms with Gasteiger partial charge >= 0.3 is 167 Å². The average Bonchev–Trinajstić information content (AvgIpc) is 3.07. The predicted octanol–water partition coefficient (Wildman–Crippen LogP) is -0.124. The van der Waals surface area contributed by atoms with Gasteiger partial charge in [0.25, 0.3) is 0 Å². The summed E-state index contributed by atoms with van der Waals surface area (Å²) in [5.41, 5.74) is -0.170. The van der Waals surface area contributed by atoms with Crippen LogP contribution < -0.4 is 10.4 Å². The van der Waals surface area contributed by atoms with E-state index in [1.807, 2.05) is 0 Å². The Bertz CT molecular complexity index is 786. The fourth-order valence-electron chi connectivity index (χ4n) is 2.68. The Labute approximate surface area is 174 Å². The predicted molar refractivity (Wildman–Crippen MR) is 106 cm³/mol. The summed E-state index contributed by atoms with van der Waals surface area (Å²) in [5.74, 6) is -2.24. The van der Waals surface area contributed by atoms with E-state index in [0.29, 0.717) is 5.69 Å². The van der Waals surface area contributed by atoms with E-state index in [0.717, 1.165) is 0 Å². The van der Waals surface area contributed by atoms with E-state index in [9.17, 15) is 19.3 Å². The van der Waals surface area contributed by atoms with Crippen molar-refractivity contribution in [2.75, 3.05) is 13.2 Å². The topological polar surface area (TPSA) is 161 Å². The number of rotatable bonds is 9. The number of aryl methyl sites for hydroxylation is 1. The monoisotopic (exact) mass is 448 g/mol. The van der Waals surface area contributed by atoms with Crippen LogP contribution in [0.2, 0.25) is 0 Å². The van der Waals surface area contributed by atoms with Gasteiger partial charge in [0.1, 0.15) is 0 Å². The number of nitrogens with one attached hydrogen (secondary N) is 2. The van der Waals surface area contributed by atoms with E-state index in [4.69, 9.17) is 18.9 Å². The fraction of sp³-hybridized carbons (Fsp3) is 0.647. The Balaban J connectivity index is 1.84. The van der Waals surface area contributed by atoms with Crippen molar-refractivity contribution in [2.45, 2.75) is 45.9 Å². The van der Waals surface area contributed by atoms with Crippen molar-refractivity contribution in [1.29, 1.82) is 0 Å². The quantitative estimate of drug-likeness (QED) is 0.296. The molecule has 1 aromatic rings. The summed E-state index contributed by atoms with van der Waals surface area (Å²) in [4.78, 5) is 50.0. The molecule has 0 spiro atoms. The number of hydrogen-bond donors (Lipinski definition) is 4. The second-order valence-electron chi connectivity index (χ2n) is 7.79. The van der Waals surface area contributed by atoms with Crippen molar-refractivity contribution in [2.24, 2.45) is 12.5 Å². The molecule has 0 radical (unpaired) electrons. The molecule has 1 saturated heterocycles. The van der Waals surface area contributed by atoms with Gasteiger partial charge < -0.3 is 0 Å². The number of aliphatic carboxylic acids is 1. The second kappa shape index (κ2) is 9.80. The molecular weight excluding hydrogens is 419 g/mol. The van der Waals surface area contributed by atoms with Crippen LogP contribution in [-0.4, -0.2) is 62.7 Å². The van der Waals surface area contributed by atoms with Crippen LogP contribution in [0.3, 0.4) is 0 Å². The van der Waals surface area contributed by atoms with E-state index >= 15 is 0 Å². The molecule has 4 N–H and O–H groups in total. The van der Waals surface area contributed by atoms with Gasteiger partial charge in [-0.1, -0.05) is 0 Å². The zero-order valence-electron chi connectivity index (χ0n) is 17.4. The van der Waals surface area contributed by atoms with Gasteiger partial charge in [-0.15, -0.1) is 0 Å². The average molecular weight is 448 g/mol. The first kappa shape index (κ1) is 24.2. The van der Waals surface area contributed by atoms with Crippen LogP contribution >= 0.6 is 8.09 Å². The Morgan fingerprint density at radius 1 is 1.47 bits per heavy atom. The molecule has 2 heterocycles. The van der Waals surface area contributed by atoms with E-state index in [1.165, 1.54) is 6.92 Å². The SMILES string of the molecule is C[C@H](N[PH]1(O)OCC(C)(C)[C@H](C(=O)NCCC(=O)OCc2cn(C)cn2)O1)C(=O)O. The molecule has 0 aromatic carbocycles. The van der Waals surface area contributed by atoms with Gasteiger partial charge in [0.2, 0.25) is 0 Å². The van der Waals surface area contributed by atoms with Crippen LogP contribution in [0, 0.1) is 5.41 Å². The first-order valence-electron chi connectivity index (χ1n) is 9.37. The number of nitrogens with zero attached hydrogens (tertiary/aromatic N) is 2. The van der Waals surface area contributed by atoms with Gasteiger partial charge in [-0.2, -0.15) is 0 Å². The molecule has 0 saturated carbocycles. The summed E-state index contributed by atoms with van der Waals surface area (Å²) in [7, 11) is -2.28. The van der Waals surface area contributed by atoms with Crippen LogP contribution in [0.5, 0.6) is 0 Å². The Kier molecular flexibility index (Phi) is 7.89. The molecule has 12 nitrogen and oxygen atoms in total. The van der Waals surface area contributed by atoms with E-state index < -0.39 is 43.5 Å². The number of hydrogen-bond acceptors (Lipinski definition) is 9. The molecule has 13 heteroatoms. The molecule has 30 heavy (non-hydrogen) atoms.